The van der Waals surface area contributed by atoms with Crippen LogP contribution in [0.3, 0.4) is 0 Å². The summed E-state index contributed by atoms with van der Waals surface area (Å²) in [4.78, 5) is 12.8. The fraction of sp³-hybridized carbons (Fsp3) is 0.417. The molecule has 0 saturated carbocycles. The van der Waals surface area contributed by atoms with Crippen molar-refractivity contribution in [1.82, 2.24) is 0 Å². The monoisotopic (exact) mass is 274 g/mol. The van der Waals surface area contributed by atoms with Gasteiger partial charge in [-0.05, 0) is 12.1 Å². The van der Waals surface area contributed by atoms with Crippen molar-refractivity contribution >= 4 is 11.6 Å². The van der Waals surface area contributed by atoms with Gasteiger partial charge in [-0.25, -0.2) is 0 Å². The number of rotatable bonds is 2. The van der Waals surface area contributed by atoms with Crippen LogP contribution in [0.5, 0.6) is 0 Å². The largest absolute Gasteiger partial charge is 0.418 e. The Labute approximate surface area is 107 Å². The third-order valence-electron chi connectivity index (χ3n) is 2.93. The molecule has 1 saturated heterocycles. The minimum Gasteiger partial charge on any atom is -0.378 e. The molecule has 1 aromatic carbocycles. The van der Waals surface area contributed by atoms with Gasteiger partial charge >= 0.3 is 6.18 Å². The predicted molar refractivity (Wildman–Crippen MR) is 63.0 cm³/mol. The molecule has 0 atom stereocenters. The predicted octanol–water partition coefficient (Wildman–Crippen LogP) is 1.64. The van der Waals surface area contributed by atoms with Crippen LogP contribution in [0.1, 0.15) is 15.9 Å². The Kier molecular flexibility index (Phi) is 3.66. The van der Waals surface area contributed by atoms with Gasteiger partial charge in [0, 0.05) is 13.1 Å². The van der Waals surface area contributed by atoms with Crippen molar-refractivity contribution < 1.29 is 22.7 Å². The van der Waals surface area contributed by atoms with Crippen LogP contribution in [0, 0.1) is 0 Å². The van der Waals surface area contributed by atoms with E-state index in [0.29, 0.717) is 26.3 Å². The van der Waals surface area contributed by atoms with Gasteiger partial charge in [-0.15, -0.1) is 0 Å². The van der Waals surface area contributed by atoms with Crippen LogP contribution < -0.4 is 10.6 Å². The highest BCUT2D eigenvalue weighted by Gasteiger charge is 2.37. The van der Waals surface area contributed by atoms with Crippen LogP contribution in [-0.2, 0) is 10.9 Å². The quantitative estimate of drug-likeness (QED) is 0.892. The molecule has 0 aliphatic carbocycles. The number of benzene rings is 1. The van der Waals surface area contributed by atoms with E-state index < -0.39 is 17.6 Å². The van der Waals surface area contributed by atoms with Crippen LogP contribution >= 0.6 is 0 Å². The second-order valence-electron chi connectivity index (χ2n) is 4.16. The topological polar surface area (TPSA) is 55.6 Å². The third kappa shape index (κ3) is 2.81. The number of nitrogens with zero attached hydrogens (tertiary/aromatic N) is 1. The average molecular weight is 274 g/mol. The molecule has 0 spiro atoms. The van der Waals surface area contributed by atoms with Crippen molar-refractivity contribution in [2.45, 2.75) is 6.18 Å². The van der Waals surface area contributed by atoms with Crippen LogP contribution in [0.4, 0.5) is 18.9 Å². The number of hydrogen-bond donors (Lipinski definition) is 1. The SMILES string of the molecule is NC(=O)c1cccc(C(F)(F)F)c1N1CCOCC1. The maximum absolute atomic E-state index is 13.0. The number of ether oxygens (including phenoxy) is 1. The van der Waals surface area contributed by atoms with Gasteiger partial charge in [-0.2, -0.15) is 13.2 Å². The number of hydrogen-bond acceptors (Lipinski definition) is 3. The molecule has 0 aromatic heterocycles. The molecule has 2 rings (SSSR count). The highest BCUT2D eigenvalue weighted by Crippen LogP contribution is 2.38. The summed E-state index contributed by atoms with van der Waals surface area (Å²) in [5.74, 6) is -0.868. The summed E-state index contributed by atoms with van der Waals surface area (Å²) >= 11 is 0. The van der Waals surface area contributed by atoms with Gasteiger partial charge in [0.1, 0.15) is 0 Å². The van der Waals surface area contributed by atoms with Gasteiger partial charge in [-0.3, -0.25) is 4.79 Å². The smallest absolute Gasteiger partial charge is 0.378 e. The number of morpholine rings is 1. The lowest BCUT2D eigenvalue weighted by molar-refractivity contribution is -0.137. The van der Waals surface area contributed by atoms with Crippen molar-refractivity contribution in [2.24, 2.45) is 5.73 Å². The number of alkyl halides is 3. The van der Waals surface area contributed by atoms with E-state index in [9.17, 15) is 18.0 Å². The van der Waals surface area contributed by atoms with Crippen molar-refractivity contribution in [3.05, 3.63) is 29.3 Å². The number of nitrogens with two attached hydrogens (primary N) is 1. The zero-order valence-corrected chi connectivity index (χ0v) is 10.0. The Morgan fingerprint density at radius 3 is 2.42 bits per heavy atom. The van der Waals surface area contributed by atoms with E-state index in [0.717, 1.165) is 6.07 Å². The van der Waals surface area contributed by atoms with Crippen LogP contribution in [-0.4, -0.2) is 32.2 Å². The summed E-state index contributed by atoms with van der Waals surface area (Å²) in [6, 6.07) is 3.45. The summed E-state index contributed by atoms with van der Waals surface area (Å²) in [6.45, 7) is 1.25. The van der Waals surface area contributed by atoms with Gasteiger partial charge in [0.15, 0.2) is 0 Å². The fourth-order valence-corrected chi connectivity index (χ4v) is 2.10. The number of amides is 1. The van der Waals surface area contributed by atoms with E-state index in [1.54, 1.807) is 0 Å². The molecule has 1 heterocycles. The minimum atomic E-state index is -4.53. The summed E-state index contributed by atoms with van der Waals surface area (Å²) in [5, 5.41) is 0. The molecule has 104 valence electrons. The van der Waals surface area contributed by atoms with Gasteiger partial charge < -0.3 is 15.4 Å². The molecule has 4 nitrogen and oxygen atoms in total. The maximum atomic E-state index is 13.0. The number of carbonyl (C=O) groups is 1. The molecule has 1 amide bonds. The number of para-hydroxylation sites is 1. The van der Waals surface area contributed by atoms with Crippen LogP contribution in [0.2, 0.25) is 0 Å². The molecule has 1 aliphatic rings. The maximum Gasteiger partial charge on any atom is 0.418 e. The van der Waals surface area contributed by atoms with Crippen molar-refractivity contribution in [3.8, 4) is 0 Å². The highest BCUT2D eigenvalue weighted by atomic mass is 19.4. The first kappa shape index (κ1) is 13.7. The Hall–Kier alpha value is -1.76. The molecule has 19 heavy (non-hydrogen) atoms. The Morgan fingerprint density at radius 1 is 1.26 bits per heavy atom. The van der Waals surface area contributed by atoms with Gasteiger partial charge in [0.05, 0.1) is 30.0 Å². The van der Waals surface area contributed by atoms with Crippen molar-refractivity contribution in [2.75, 3.05) is 31.2 Å². The standard InChI is InChI=1S/C12H13F3N2O2/c13-12(14,15)9-3-1-2-8(11(16)18)10(9)17-4-6-19-7-5-17/h1-3H,4-7H2,(H2,16,18). The molecule has 1 aliphatic heterocycles. The van der Waals surface area contributed by atoms with Crippen LogP contribution in [0.15, 0.2) is 18.2 Å². The second kappa shape index (κ2) is 5.08. The zero-order valence-electron chi connectivity index (χ0n) is 10.0. The lowest BCUT2D eigenvalue weighted by atomic mass is 10.0. The molecular formula is C12H13F3N2O2. The molecule has 7 heteroatoms. The molecule has 0 bridgehead atoms. The lowest BCUT2D eigenvalue weighted by Gasteiger charge is -2.32. The molecular weight excluding hydrogens is 261 g/mol. The number of carbonyl (C=O) groups excluding carboxylic acids is 1. The number of halogens is 3. The van der Waals surface area contributed by atoms with E-state index in [1.807, 2.05) is 0 Å². The second-order valence-corrected chi connectivity index (χ2v) is 4.16. The summed E-state index contributed by atoms with van der Waals surface area (Å²) in [5.41, 5.74) is 4.07. The molecule has 1 aromatic rings. The van der Waals surface area contributed by atoms with E-state index >= 15 is 0 Å². The third-order valence-corrected chi connectivity index (χ3v) is 2.93. The van der Waals surface area contributed by atoms with E-state index in [2.05, 4.69) is 0 Å². The highest BCUT2D eigenvalue weighted by molar-refractivity contribution is 5.99. The van der Waals surface area contributed by atoms with E-state index in [4.69, 9.17) is 10.5 Å². The number of primary amides is 1. The average Bonchev–Trinajstić information content (AvgIpc) is 2.37. The molecule has 0 unspecified atom stereocenters. The van der Waals surface area contributed by atoms with Crippen molar-refractivity contribution in [1.29, 1.82) is 0 Å². The first-order valence-electron chi connectivity index (χ1n) is 5.74. The van der Waals surface area contributed by atoms with Crippen molar-refractivity contribution in [3.63, 3.8) is 0 Å². The zero-order chi connectivity index (χ0) is 14.0. The summed E-state index contributed by atoms with van der Waals surface area (Å²) in [7, 11) is 0. The summed E-state index contributed by atoms with van der Waals surface area (Å²) < 4.78 is 44.2. The molecule has 2 N–H and O–H groups in total. The Morgan fingerprint density at radius 2 is 1.89 bits per heavy atom. The minimum absolute atomic E-state index is 0.114. The van der Waals surface area contributed by atoms with Crippen LogP contribution in [0.25, 0.3) is 0 Å². The van der Waals surface area contributed by atoms with Gasteiger partial charge in [0.2, 0.25) is 0 Å². The summed E-state index contributed by atoms with van der Waals surface area (Å²) in [6.07, 6.45) is -4.53. The normalized spacial score (nSPS) is 16.5. The Bertz CT molecular complexity index is 482. The first-order valence-corrected chi connectivity index (χ1v) is 5.74. The fourth-order valence-electron chi connectivity index (χ4n) is 2.10. The molecule has 0 radical (unpaired) electrons. The molecule has 1 fully saturated rings. The number of anilines is 1. The first-order chi connectivity index (χ1) is 8.91. The van der Waals surface area contributed by atoms with E-state index in [1.165, 1.54) is 17.0 Å². The van der Waals surface area contributed by atoms with E-state index in [-0.39, 0.29) is 11.3 Å². The Balaban J connectivity index is 2.55. The lowest BCUT2D eigenvalue weighted by Crippen LogP contribution is -2.38. The van der Waals surface area contributed by atoms with Gasteiger partial charge in [-0.1, -0.05) is 6.07 Å². The van der Waals surface area contributed by atoms with Gasteiger partial charge in [0.25, 0.3) is 5.91 Å².